The summed E-state index contributed by atoms with van der Waals surface area (Å²) >= 11 is 5.60. The van der Waals surface area contributed by atoms with Crippen LogP contribution in [0, 0.1) is 0 Å². The largest absolute Gasteiger partial charge is 0.463 e. The standard InChI is InChI=1S/C8H15ClO2/c1-4-7(3)11-8(10)5-6(2)9/h6-7H,4-5H2,1-3H3. The number of esters is 1. The van der Waals surface area contributed by atoms with Crippen LogP contribution in [0.3, 0.4) is 0 Å². The van der Waals surface area contributed by atoms with E-state index in [2.05, 4.69) is 0 Å². The van der Waals surface area contributed by atoms with E-state index in [1.165, 1.54) is 0 Å². The number of hydrogen-bond donors (Lipinski definition) is 0. The summed E-state index contributed by atoms with van der Waals surface area (Å²) in [5.41, 5.74) is 0. The SMILES string of the molecule is CCC(C)OC(=O)CC(C)Cl. The van der Waals surface area contributed by atoms with Crippen LogP contribution in [0.25, 0.3) is 0 Å². The van der Waals surface area contributed by atoms with Crippen LogP contribution in [0.1, 0.15) is 33.6 Å². The van der Waals surface area contributed by atoms with E-state index in [4.69, 9.17) is 16.3 Å². The van der Waals surface area contributed by atoms with Crippen LogP contribution in [-0.2, 0) is 9.53 Å². The molecule has 0 saturated heterocycles. The quantitative estimate of drug-likeness (QED) is 0.488. The molecule has 2 nitrogen and oxygen atoms in total. The van der Waals surface area contributed by atoms with Crippen LogP contribution in [0.15, 0.2) is 0 Å². The fourth-order valence-corrected chi connectivity index (χ4v) is 0.711. The van der Waals surface area contributed by atoms with Crippen LogP contribution < -0.4 is 0 Å². The maximum absolute atomic E-state index is 10.9. The highest BCUT2D eigenvalue weighted by atomic mass is 35.5. The molecule has 0 aromatic heterocycles. The number of carbonyl (C=O) groups excluding carboxylic acids is 1. The van der Waals surface area contributed by atoms with Crippen molar-refractivity contribution >= 4 is 17.6 Å². The van der Waals surface area contributed by atoms with Gasteiger partial charge in [0, 0.05) is 5.38 Å². The van der Waals surface area contributed by atoms with Crippen molar-refractivity contribution in [2.24, 2.45) is 0 Å². The lowest BCUT2D eigenvalue weighted by atomic mass is 10.3. The summed E-state index contributed by atoms with van der Waals surface area (Å²) in [6, 6.07) is 0. The number of halogens is 1. The zero-order chi connectivity index (χ0) is 8.85. The molecule has 3 heteroatoms. The van der Waals surface area contributed by atoms with Gasteiger partial charge in [-0.3, -0.25) is 4.79 Å². The molecule has 0 spiro atoms. The zero-order valence-electron chi connectivity index (χ0n) is 7.26. The summed E-state index contributed by atoms with van der Waals surface area (Å²) in [6.45, 7) is 5.62. The van der Waals surface area contributed by atoms with Crippen LogP contribution in [0.4, 0.5) is 0 Å². The van der Waals surface area contributed by atoms with Gasteiger partial charge < -0.3 is 4.74 Å². The molecule has 66 valence electrons. The molecule has 0 aromatic carbocycles. The van der Waals surface area contributed by atoms with Gasteiger partial charge in [0.2, 0.25) is 0 Å². The van der Waals surface area contributed by atoms with Gasteiger partial charge in [-0.15, -0.1) is 11.6 Å². The summed E-state index contributed by atoms with van der Waals surface area (Å²) in [7, 11) is 0. The van der Waals surface area contributed by atoms with Crippen molar-refractivity contribution in [2.75, 3.05) is 0 Å². The highest BCUT2D eigenvalue weighted by molar-refractivity contribution is 6.21. The summed E-state index contributed by atoms with van der Waals surface area (Å²) in [4.78, 5) is 10.9. The Hall–Kier alpha value is -0.240. The Morgan fingerprint density at radius 2 is 2.09 bits per heavy atom. The van der Waals surface area contributed by atoms with Crippen LogP contribution in [-0.4, -0.2) is 17.5 Å². The van der Waals surface area contributed by atoms with Crippen molar-refractivity contribution in [3.8, 4) is 0 Å². The topological polar surface area (TPSA) is 26.3 Å². The number of rotatable bonds is 4. The van der Waals surface area contributed by atoms with E-state index in [1.54, 1.807) is 6.92 Å². The maximum Gasteiger partial charge on any atom is 0.307 e. The molecule has 0 amide bonds. The molecular formula is C8H15ClO2. The molecule has 11 heavy (non-hydrogen) atoms. The number of hydrogen-bond acceptors (Lipinski definition) is 2. The summed E-state index contributed by atoms with van der Waals surface area (Å²) in [5.74, 6) is -0.207. The smallest absolute Gasteiger partial charge is 0.307 e. The minimum absolute atomic E-state index is 0.0120. The molecule has 0 aliphatic heterocycles. The van der Waals surface area contributed by atoms with Gasteiger partial charge in [-0.25, -0.2) is 0 Å². The fourth-order valence-electron chi connectivity index (χ4n) is 0.585. The molecule has 2 atom stereocenters. The first-order valence-electron chi connectivity index (χ1n) is 3.89. The Balaban J connectivity index is 3.52. The zero-order valence-corrected chi connectivity index (χ0v) is 8.02. The van der Waals surface area contributed by atoms with Crippen molar-refractivity contribution in [3.05, 3.63) is 0 Å². The van der Waals surface area contributed by atoms with E-state index < -0.39 is 0 Å². The van der Waals surface area contributed by atoms with Crippen molar-refractivity contribution < 1.29 is 9.53 Å². The molecule has 0 radical (unpaired) electrons. The third kappa shape index (κ3) is 6.17. The van der Waals surface area contributed by atoms with E-state index in [0.29, 0.717) is 6.42 Å². The number of ether oxygens (including phenoxy) is 1. The molecule has 0 aliphatic carbocycles. The third-order valence-electron chi connectivity index (χ3n) is 1.36. The summed E-state index contributed by atoms with van der Waals surface area (Å²) in [6.07, 6.45) is 1.16. The van der Waals surface area contributed by atoms with Crippen molar-refractivity contribution in [1.82, 2.24) is 0 Å². The Bertz CT molecular complexity index is 123. The average Bonchev–Trinajstić information content (AvgIpc) is 1.85. The van der Waals surface area contributed by atoms with Crippen molar-refractivity contribution in [3.63, 3.8) is 0 Å². The molecule has 2 unspecified atom stereocenters. The lowest BCUT2D eigenvalue weighted by Gasteiger charge is -2.10. The Morgan fingerprint density at radius 3 is 2.45 bits per heavy atom. The second-order valence-corrected chi connectivity index (χ2v) is 3.44. The maximum atomic E-state index is 10.9. The van der Waals surface area contributed by atoms with Crippen LogP contribution >= 0.6 is 11.6 Å². The average molecular weight is 179 g/mol. The monoisotopic (exact) mass is 178 g/mol. The molecule has 0 heterocycles. The molecule has 0 N–H and O–H groups in total. The van der Waals surface area contributed by atoms with E-state index in [0.717, 1.165) is 6.42 Å². The van der Waals surface area contributed by atoms with Crippen LogP contribution in [0.5, 0.6) is 0 Å². The number of carbonyl (C=O) groups is 1. The summed E-state index contributed by atoms with van der Waals surface area (Å²) in [5, 5.41) is -0.133. The predicted molar refractivity (Wildman–Crippen MR) is 45.8 cm³/mol. The second kappa shape index (κ2) is 5.42. The first-order valence-corrected chi connectivity index (χ1v) is 4.33. The van der Waals surface area contributed by atoms with E-state index in [-0.39, 0.29) is 17.5 Å². The molecular weight excluding hydrogens is 164 g/mol. The van der Waals surface area contributed by atoms with Gasteiger partial charge in [0.15, 0.2) is 0 Å². The summed E-state index contributed by atoms with van der Waals surface area (Å²) < 4.78 is 4.99. The predicted octanol–water partition coefficient (Wildman–Crippen LogP) is 2.35. The Morgan fingerprint density at radius 1 is 1.55 bits per heavy atom. The molecule has 0 aromatic rings. The van der Waals surface area contributed by atoms with Gasteiger partial charge in [0.1, 0.15) is 0 Å². The minimum atomic E-state index is -0.207. The van der Waals surface area contributed by atoms with E-state index in [1.807, 2.05) is 13.8 Å². The number of alkyl halides is 1. The van der Waals surface area contributed by atoms with Gasteiger partial charge in [-0.2, -0.15) is 0 Å². The first-order chi connectivity index (χ1) is 5.06. The fraction of sp³-hybridized carbons (Fsp3) is 0.875. The first kappa shape index (κ1) is 10.8. The molecule has 0 bridgehead atoms. The minimum Gasteiger partial charge on any atom is -0.463 e. The van der Waals surface area contributed by atoms with Gasteiger partial charge in [0.25, 0.3) is 0 Å². The van der Waals surface area contributed by atoms with Crippen LogP contribution in [0.2, 0.25) is 0 Å². The molecule has 0 fully saturated rings. The Kier molecular flexibility index (Phi) is 5.30. The third-order valence-corrected chi connectivity index (χ3v) is 1.51. The van der Waals surface area contributed by atoms with Gasteiger partial charge >= 0.3 is 5.97 Å². The van der Waals surface area contributed by atoms with Gasteiger partial charge in [0.05, 0.1) is 12.5 Å². The van der Waals surface area contributed by atoms with E-state index >= 15 is 0 Å². The molecule has 0 aliphatic rings. The van der Waals surface area contributed by atoms with Gasteiger partial charge in [-0.05, 0) is 20.3 Å². The van der Waals surface area contributed by atoms with Crippen molar-refractivity contribution in [1.29, 1.82) is 0 Å². The lowest BCUT2D eigenvalue weighted by molar-refractivity contribution is -0.148. The normalized spacial score (nSPS) is 15.6. The highest BCUT2D eigenvalue weighted by Gasteiger charge is 2.09. The van der Waals surface area contributed by atoms with E-state index in [9.17, 15) is 4.79 Å². The highest BCUT2D eigenvalue weighted by Crippen LogP contribution is 2.04. The lowest BCUT2D eigenvalue weighted by Crippen LogP contribution is -2.16. The van der Waals surface area contributed by atoms with Crippen molar-refractivity contribution in [2.45, 2.75) is 45.1 Å². The molecule has 0 saturated carbocycles. The molecule has 0 rings (SSSR count). The van der Waals surface area contributed by atoms with Gasteiger partial charge in [-0.1, -0.05) is 6.92 Å². The second-order valence-electron chi connectivity index (χ2n) is 2.69. The Labute approximate surface area is 72.9 Å².